The maximum Gasteiger partial charge on any atom is 0.253 e. The van der Waals surface area contributed by atoms with E-state index in [9.17, 15) is 14.0 Å². The van der Waals surface area contributed by atoms with E-state index >= 15 is 0 Å². The van der Waals surface area contributed by atoms with E-state index in [-0.39, 0.29) is 29.9 Å². The third-order valence-corrected chi connectivity index (χ3v) is 8.87. The lowest BCUT2D eigenvalue weighted by Gasteiger charge is -2.22. The Morgan fingerprint density at radius 2 is 1.53 bits per heavy atom. The molecule has 250 valence electrons. The molecular formula is C36H33FN6O5S. The van der Waals surface area contributed by atoms with Crippen LogP contribution in [0.1, 0.15) is 39.8 Å². The zero-order valence-corrected chi connectivity index (χ0v) is 27.8. The molecule has 1 atom stereocenters. The second kappa shape index (κ2) is 15.0. The van der Waals surface area contributed by atoms with Gasteiger partial charge in [-0.2, -0.15) is 5.10 Å². The molecule has 0 fully saturated rings. The number of nitrogens with zero attached hydrogens (tertiary/aromatic N) is 5. The number of benzene rings is 4. The lowest BCUT2D eigenvalue weighted by Crippen LogP contribution is -2.28. The van der Waals surface area contributed by atoms with E-state index in [0.717, 1.165) is 16.8 Å². The van der Waals surface area contributed by atoms with E-state index in [1.807, 2.05) is 48.5 Å². The summed E-state index contributed by atoms with van der Waals surface area (Å²) in [4.78, 5) is 26.9. The third kappa shape index (κ3) is 7.41. The van der Waals surface area contributed by atoms with Crippen LogP contribution in [0.25, 0.3) is 5.69 Å². The molecule has 1 aromatic heterocycles. The molecular weight excluding hydrogens is 647 g/mol. The molecule has 6 rings (SSSR count). The van der Waals surface area contributed by atoms with Crippen LogP contribution in [0.2, 0.25) is 0 Å². The van der Waals surface area contributed by atoms with Crippen molar-refractivity contribution in [2.24, 2.45) is 5.10 Å². The molecule has 0 saturated carbocycles. The number of amides is 2. The van der Waals surface area contributed by atoms with Gasteiger partial charge in [0.25, 0.3) is 11.8 Å². The van der Waals surface area contributed by atoms with E-state index in [4.69, 9.17) is 19.3 Å². The Morgan fingerprint density at radius 3 is 2.20 bits per heavy atom. The summed E-state index contributed by atoms with van der Waals surface area (Å²) in [5.74, 6) is 1.39. The summed E-state index contributed by atoms with van der Waals surface area (Å²) >= 11 is 1.18. The highest BCUT2D eigenvalue weighted by atomic mass is 32.2. The number of hydrogen-bond donors (Lipinski definition) is 1. The molecule has 2 amide bonds. The van der Waals surface area contributed by atoms with Gasteiger partial charge >= 0.3 is 0 Å². The van der Waals surface area contributed by atoms with Crippen molar-refractivity contribution < 1.29 is 28.2 Å². The van der Waals surface area contributed by atoms with Crippen molar-refractivity contribution in [3.05, 3.63) is 125 Å². The quantitative estimate of drug-likeness (QED) is 0.164. The van der Waals surface area contributed by atoms with E-state index in [0.29, 0.717) is 45.9 Å². The first-order valence-electron chi connectivity index (χ1n) is 15.3. The first-order valence-corrected chi connectivity index (χ1v) is 16.3. The minimum absolute atomic E-state index is 0.0252. The Hall–Kier alpha value is -5.69. The number of rotatable bonds is 12. The van der Waals surface area contributed by atoms with E-state index in [2.05, 4.69) is 15.5 Å². The lowest BCUT2D eigenvalue weighted by atomic mass is 9.98. The summed E-state index contributed by atoms with van der Waals surface area (Å²) < 4.78 is 31.7. The number of aromatic nitrogens is 3. The topological polar surface area (TPSA) is 120 Å². The minimum atomic E-state index is -0.429. The van der Waals surface area contributed by atoms with Crippen molar-refractivity contribution in [2.45, 2.75) is 24.2 Å². The number of ether oxygens (including phenoxy) is 3. The largest absolute Gasteiger partial charge is 0.497 e. The maximum atomic E-state index is 13.9. The molecule has 0 aliphatic carbocycles. The van der Waals surface area contributed by atoms with Crippen LogP contribution in [0.15, 0.2) is 107 Å². The summed E-state index contributed by atoms with van der Waals surface area (Å²) in [5.41, 5.74) is 3.44. The minimum Gasteiger partial charge on any atom is -0.497 e. The molecule has 0 radical (unpaired) electrons. The number of hydrogen-bond acceptors (Lipinski definition) is 9. The number of methoxy groups -OCH3 is 3. The molecule has 2 heterocycles. The smallest absolute Gasteiger partial charge is 0.253 e. The van der Waals surface area contributed by atoms with Crippen LogP contribution >= 0.6 is 11.8 Å². The maximum absolute atomic E-state index is 13.9. The number of carbonyl (C=O) groups is 2. The van der Waals surface area contributed by atoms with E-state index in [1.54, 1.807) is 62.3 Å². The molecule has 0 spiro atoms. The van der Waals surface area contributed by atoms with Crippen LogP contribution < -0.4 is 19.5 Å². The van der Waals surface area contributed by atoms with E-state index < -0.39 is 6.04 Å². The fourth-order valence-electron chi connectivity index (χ4n) is 5.40. The second-order valence-corrected chi connectivity index (χ2v) is 11.8. The molecule has 4 aromatic carbocycles. The van der Waals surface area contributed by atoms with Crippen molar-refractivity contribution in [1.29, 1.82) is 0 Å². The van der Waals surface area contributed by atoms with Gasteiger partial charge in [-0.05, 0) is 83.9 Å². The van der Waals surface area contributed by atoms with Crippen molar-refractivity contribution in [2.75, 3.05) is 27.1 Å². The van der Waals surface area contributed by atoms with Gasteiger partial charge in [-0.25, -0.2) is 9.40 Å². The second-order valence-electron chi connectivity index (χ2n) is 10.9. The number of thioether (sulfide) groups is 1. The number of halogens is 1. The average Bonchev–Trinajstić information content (AvgIpc) is 3.78. The number of hydrazone groups is 1. The Bertz CT molecular complexity index is 1970. The van der Waals surface area contributed by atoms with Gasteiger partial charge in [-0.15, -0.1) is 10.2 Å². The monoisotopic (exact) mass is 680 g/mol. The van der Waals surface area contributed by atoms with Crippen LogP contribution in [-0.4, -0.2) is 64.4 Å². The lowest BCUT2D eigenvalue weighted by molar-refractivity contribution is -0.130. The van der Waals surface area contributed by atoms with Crippen LogP contribution in [0.4, 0.5) is 4.39 Å². The number of para-hydroxylation sites is 2. The van der Waals surface area contributed by atoms with Gasteiger partial charge < -0.3 is 19.5 Å². The van der Waals surface area contributed by atoms with Gasteiger partial charge in [-0.3, -0.25) is 14.2 Å². The highest BCUT2D eigenvalue weighted by Gasteiger charge is 2.33. The van der Waals surface area contributed by atoms with Gasteiger partial charge in [0.05, 0.1) is 51.1 Å². The summed E-state index contributed by atoms with van der Waals surface area (Å²) in [6.45, 7) is 0.0543. The first kappa shape index (κ1) is 33.2. The molecule has 1 aliphatic rings. The van der Waals surface area contributed by atoms with Crippen LogP contribution in [-0.2, 0) is 11.3 Å². The zero-order valence-electron chi connectivity index (χ0n) is 27.0. The molecule has 11 nitrogen and oxygen atoms in total. The molecule has 5 aromatic rings. The van der Waals surface area contributed by atoms with E-state index in [1.165, 1.54) is 28.9 Å². The highest BCUT2D eigenvalue weighted by molar-refractivity contribution is 7.99. The fraction of sp³-hybridized carbons (Fsp3) is 0.194. The van der Waals surface area contributed by atoms with Crippen molar-refractivity contribution >= 4 is 29.3 Å². The third-order valence-electron chi connectivity index (χ3n) is 7.95. The molecule has 1 N–H and O–H groups in total. The normalized spacial score (nSPS) is 13.9. The fourth-order valence-corrected chi connectivity index (χ4v) is 6.22. The van der Waals surface area contributed by atoms with Crippen molar-refractivity contribution in [3.63, 3.8) is 0 Å². The first-order chi connectivity index (χ1) is 23.9. The Kier molecular flexibility index (Phi) is 10.2. The number of carbonyl (C=O) groups excluding carboxylic acids is 2. The Labute approximate surface area is 286 Å². The molecule has 49 heavy (non-hydrogen) atoms. The summed E-state index contributed by atoms with van der Waals surface area (Å²) in [7, 11) is 4.72. The summed E-state index contributed by atoms with van der Waals surface area (Å²) in [6.07, 6.45) is 0.448. The Morgan fingerprint density at radius 1 is 0.857 bits per heavy atom. The van der Waals surface area contributed by atoms with Crippen LogP contribution in [0.3, 0.4) is 0 Å². The number of nitrogens with one attached hydrogen (secondary N) is 1. The van der Waals surface area contributed by atoms with Crippen molar-refractivity contribution in [1.82, 2.24) is 25.1 Å². The zero-order chi connectivity index (χ0) is 34.3. The van der Waals surface area contributed by atoms with Crippen LogP contribution in [0.5, 0.6) is 17.2 Å². The standard InChI is InChI=1S/C36H33FN6O5S/c1-46-27-16-10-23(11-17-27)29-20-31(24-8-14-26(37)15-9-24)43(41-29)34(44)22-49-36-40-39-33(42(36)30-6-4-5-7-32(30)48-3)21-38-35(45)25-12-18-28(47-2)19-13-25/h4-19,31H,20-22H2,1-3H3,(H,38,45)/t31-/m1/s1. The predicted molar refractivity (Wildman–Crippen MR) is 183 cm³/mol. The molecule has 0 bridgehead atoms. The van der Waals surface area contributed by atoms with Crippen molar-refractivity contribution in [3.8, 4) is 22.9 Å². The molecule has 0 unspecified atom stereocenters. The van der Waals surface area contributed by atoms with Crippen LogP contribution in [0, 0.1) is 5.82 Å². The predicted octanol–water partition coefficient (Wildman–Crippen LogP) is 5.83. The molecule has 1 aliphatic heterocycles. The summed E-state index contributed by atoms with van der Waals surface area (Å²) in [6, 6.07) is 27.3. The molecule has 0 saturated heterocycles. The Balaban J connectivity index is 1.25. The summed E-state index contributed by atoms with van der Waals surface area (Å²) in [5, 5.41) is 18.3. The van der Waals surface area contributed by atoms with Gasteiger partial charge in [0.15, 0.2) is 11.0 Å². The van der Waals surface area contributed by atoms with Gasteiger partial charge in [0.2, 0.25) is 0 Å². The van der Waals surface area contributed by atoms with Gasteiger partial charge in [-0.1, -0.05) is 36.0 Å². The average molecular weight is 681 g/mol. The van der Waals surface area contributed by atoms with Gasteiger partial charge in [0, 0.05) is 12.0 Å². The van der Waals surface area contributed by atoms with Gasteiger partial charge in [0.1, 0.15) is 23.1 Å². The molecule has 13 heteroatoms. The highest BCUT2D eigenvalue weighted by Crippen LogP contribution is 2.35. The SMILES string of the molecule is COc1ccc(C(=O)NCc2nnc(SCC(=O)N3N=C(c4ccc(OC)cc4)C[C@@H]3c3ccc(F)cc3)n2-c2ccccc2OC)cc1.